The number of rotatable bonds is 7. The van der Waals surface area contributed by atoms with Crippen molar-refractivity contribution in [3.63, 3.8) is 0 Å². The summed E-state index contributed by atoms with van der Waals surface area (Å²) in [5, 5.41) is 2.95. The molecular weight excluding hydrogens is 266 g/mol. The van der Waals surface area contributed by atoms with Gasteiger partial charge in [-0.3, -0.25) is 9.36 Å². The van der Waals surface area contributed by atoms with E-state index in [0.29, 0.717) is 13.1 Å². The minimum absolute atomic E-state index is 0.0949. The Bertz CT molecular complexity index is 653. The van der Waals surface area contributed by atoms with Gasteiger partial charge in [-0.2, -0.15) is 0 Å². The van der Waals surface area contributed by atoms with Crippen LogP contribution in [0.15, 0.2) is 29.1 Å². The Morgan fingerprint density at radius 2 is 2.00 bits per heavy atom. The number of nitrogens with zero attached hydrogens (tertiary/aromatic N) is 1. The molecule has 0 spiro atoms. The first-order chi connectivity index (χ1) is 10.2. The minimum atomic E-state index is -0.0949. The van der Waals surface area contributed by atoms with E-state index in [1.165, 1.54) is 0 Å². The predicted molar refractivity (Wildman–Crippen MR) is 84.3 cm³/mol. The number of hydrogen-bond donors (Lipinski definition) is 2. The smallest absolute Gasteiger partial charge is 0.326 e. The van der Waals surface area contributed by atoms with Gasteiger partial charge in [0.15, 0.2) is 0 Å². The molecule has 0 unspecified atom stereocenters. The maximum atomic E-state index is 11.9. The first kappa shape index (κ1) is 15.4. The number of carbonyl (C=O) groups is 1. The summed E-state index contributed by atoms with van der Waals surface area (Å²) in [5.41, 5.74) is 1.67. The Labute approximate surface area is 124 Å². The highest BCUT2D eigenvalue weighted by Crippen LogP contribution is 2.09. The third-order valence-electron chi connectivity index (χ3n) is 3.90. The van der Waals surface area contributed by atoms with E-state index in [1.807, 2.05) is 38.1 Å². The lowest BCUT2D eigenvalue weighted by Gasteiger charge is -2.12. The lowest BCUT2D eigenvalue weighted by molar-refractivity contribution is -0.125. The van der Waals surface area contributed by atoms with E-state index in [4.69, 9.17) is 0 Å². The van der Waals surface area contributed by atoms with Gasteiger partial charge in [-0.05, 0) is 31.4 Å². The average molecular weight is 289 g/mol. The molecule has 1 aromatic carbocycles. The molecule has 0 atom stereocenters. The predicted octanol–water partition coefficient (Wildman–Crippen LogP) is 2.27. The second kappa shape index (κ2) is 7.11. The average Bonchev–Trinajstić information content (AvgIpc) is 2.80. The van der Waals surface area contributed by atoms with Crippen molar-refractivity contribution >= 4 is 16.9 Å². The fourth-order valence-electron chi connectivity index (χ4n) is 2.58. The van der Waals surface area contributed by atoms with Crippen LogP contribution in [0.3, 0.4) is 0 Å². The summed E-state index contributed by atoms with van der Waals surface area (Å²) >= 11 is 0. The number of H-pyrrole nitrogens is 1. The van der Waals surface area contributed by atoms with Crippen molar-refractivity contribution in [1.82, 2.24) is 14.9 Å². The van der Waals surface area contributed by atoms with Crippen molar-refractivity contribution in [1.29, 1.82) is 0 Å². The highest BCUT2D eigenvalue weighted by molar-refractivity contribution is 5.78. The maximum Gasteiger partial charge on any atom is 0.326 e. The first-order valence-corrected chi connectivity index (χ1v) is 7.62. The van der Waals surface area contributed by atoms with E-state index >= 15 is 0 Å². The first-order valence-electron chi connectivity index (χ1n) is 7.62. The Hall–Kier alpha value is -2.04. The van der Waals surface area contributed by atoms with Gasteiger partial charge in [-0.25, -0.2) is 4.79 Å². The quantitative estimate of drug-likeness (QED) is 0.768. The molecule has 1 aromatic heterocycles. The van der Waals surface area contributed by atoms with Crippen molar-refractivity contribution in [2.24, 2.45) is 5.92 Å². The molecule has 21 heavy (non-hydrogen) atoms. The second-order valence-electron chi connectivity index (χ2n) is 5.26. The van der Waals surface area contributed by atoms with Gasteiger partial charge in [-0.15, -0.1) is 0 Å². The molecule has 0 aliphatic rings. The topological polar surface area (TPSA) is 66.9 Å². The number of carbonyl (C=O) groups excluding carboxylic acids is 1. The zero-order valence-electron chi connectivity index (χ0n) is 12.7. The summed E-state index contributed by atoms with van der Waals surface area (Å²) in [4.78, 5) is 26.6. The molecule has 1 amide bonds. The summed E-state index contributed by atoms with van der Waals surface area (Å²) in [5.74, 6) is 0.215. The Kier molecular flexibility index (Phi) is 5.20. The summed E-state index contributed by atoms with van der Waals surface area (Å²) in [6.45, 7) is 5.26. The number of nitrogens with one attached hydrogen (secondary N) is 2. The number of fused-ring (bicyclic) bond motifs is 1. The third-order valence-corrected chi connectivity index (χ3v) is 3.90. The molecule has 0 saturated carbocycles. The molecule has 114 valence electrons. The Morgan fingerprint density at radius 1 is 1.29 bits per heavy atom. The number of aryl methyl sites for hydroxylation is 1. The molecule has 2 N–H and O–H groups in total. The number of hydrogen-bond acceptors (Lipinski definition) is 2. The van der Waals surface area contributed by atoms with Crippen LogP contribution in [0, 0.1) is 5.92 Å². The number of amides is 1. The molecular formula is C16H23N3O2. The van der Waals surface area contributed by atoms with Crippen LogP contribution in [0.1, 0.15) is 33.1 Å². The number of aromatic nitrogens is 2. The molecule has 2 aromatic rings. The number of para-hydroxylation sites is 2. The lowest BCUT2D eigenvalue weighted by atomic mass is 10.0. The molecule has 0 saturated heterocycles. The van der Waals surface area contributed by atoms with Crippen LogP contribution < -0.4 is 11.0 Å². The van der Waals surface area contributed by atoms with E-state index in [-0.39, 0.29) is 17.5 Å². The normalized spacial score (nSPS) is 11.2. The van der Waals surface area contributed by atoms with Gasteiger partial charge < -0.3 is 10.3 Å². The lowest BCUT2D eigenvalue weighted by Crippen LogP contribution is -2.31. The molecule has 0 bridgehead atoms. The SMILES string of the molecule is CCC(CC)C(=O)NCCCn1c(=O)[nH]c2ccccc21. The second-order valence-corrected chi connectivity index (χ2v) is 5.26. The summed E-state index contributed by atoms with van der Waals surface area (Å²) in [7, 11) is 0. The number of benzene rings is 1. The molecule has 1 heterocycles. The van der Waals surface area contributed by atoms with Gasteiger partial charge in [0.25, 0.3) is 0 Å². The van der Waals surface area contributed by atoms with Crippen LogP contribution in [0.4, 0.5) is 0 Å². The molecule has 0 radical (unpaired) electrons. The minimum Gasteiger partial charge on any atom is -0.356 e. The summed E-state index contributed by atoms with van der Waals surface area (Å²) < 4.78 is 1.72. The van der Waals surface area contributed by atoms with E-state index < -0.39 is 0 Å². The fraction of sp³-hybridized carbons (Fsp3) is 0.500. The van der Waals surface area contributed by atoms with Gasteiger partial charge in [-0.1, -0.05) is 26.0 Å². The van der Waals surface area contributed by atoms with Crippen LogP contribution in [0.5, 0.6) is 0 Å². The molecule has 5 heteroatoms. The molecule has 0 fully saturated rings. The van der Waals surface area contributed by atoms with Crippen LogP contribution in [0.2, 0.25) is 0 Å². The number of imidazole rings is 1. The van der Waals surface area contributed by atoms with Crippen molar-refractivity contribution in [2.75, 3.05) is 6.54 Å². The van der Waals surface area contributed by atoms with Crippen molar-refractivity contribution in [2.45, 2.75) is 39.7 Å². The fourth-order valence-corrected chi connectivity index (χ4v) is 2.58. The van der Waals surface area contributed by atoms with Crippen molar-refractivity contribution < 1.29 is 4.79 Å². The van der Waals surface area contributed by atoms with Crippen LogP contribution in [-0.2, 0) is 11.3 Å². The van der Waals surface area contributed by atoms with E-state index in [2.05, 4.69) is 10.3 Å². The molecule has 0 aliphatic carbocycles. The van der Waals surface area contributed by atoms with E-state index in [9.17, 15) is 9.59 Å². The molecule has 5 nitrogen and oxygen atoms in total. The van der Waals surface area contributed by atoms with Gasteiger partial charge in [0.05, 0.1) is 11.0 Å². The van der Waals surface area contributed by atoms with Crippen LogP contribution >= 0.6 is 0 Å². The highest BCUT2D eigenvalue weighted by atomic mass is 16.2. The highest BCUT2D eigenvalue weighted by Gasteiger charge is 2.13. The summed E-state index contributed by atoms with van der Waals surface area (Å²) in [6, 6.07) is 7.64. The van der Waals surface area contributed by atoms with Crippen molar-refractivity contribution in [3.05, 3.63) is 34.7 Å². The Morgan fingerprint density at radius 3 is 2.71 bits per heavy atom. The largest absolute Gasteiger partial charge is 0.356 e. The van der Waals surface area contributed by atoms with Crippen LogP contribution in [-0.4, -0.2) is 22.0 Å². The van der Waals surface area contributed by atoms with Crippen LogP contribution in [0.25, 0.3) is 11.0 Å². The molecule has 0 aliphatic heterocycles. The maximum absolute atomic E-state index is 11.9. The zero-order chi connectivity index (χ0) is 15.2. The van der Waals surface area contributed by atoms with Crippen molar-refractivity contribution in [3.8, 4) is 0 Å². The zero-order valence-corrected chi connectivity index (χ0v) is 12.7. The summed E-state index contributed by atoms with van der Waals surface area (Å²) in [6.07, 6.45) is 2.47. The van der Waals surface area contributed by atoms with Gasteiger partial charge in [0.1, 0.15) is 0 Å². The molecule has 2 rings (SSSR count). The van der Waals surface area contributed by atoms with E-state index in [0.717, 1.165) is 30.3 Å². The number of aromatic amines is 1. The van der Waals surface area contributed by atoms with Gasteiger partial charge in [0.2, 0.25) is 5.91 Å². The monoisotopic (exact) mass is 289 g/mol. The van der Waals surface area contributed by atoms with E-state index in [1.54, 1.807) is 4.57 Å². The van der Waals surface area contributed by atoms with Gasteiger partial charge >= 0.3 is 5.69 Å². The Balaban J connectivity index is 1.90. The van der Waals surface area contributed by atoms with Gasteiger partial charge in [0, 0.05) is 19.0 Å². The standard InChI is InChI=1S/C16H23N3O2/c1-3-12(4-2)15(20)17-10-7-11-19-14-9-6-5-8-13(14)18-16(19)21/h5-6,8-9,12H,3-4,7,10-11H2,1-2H3,(H,17,20)(H,18,21). The third kappa shape index (κ3) is 3.54.